The maximum Gasteiger partial charge on any atom is 0.345 e. The number of hydrogen-bond acceptors (Lipinski definition) is 5. The molecule has 0 radical (unpaired) electrons. The van der Waals surface area contributed by atoms with Crippen LogP contribution in [-0.4, -0.2) is 29.9 Å². The van der Waals surface area contributed by atoms with Gasteiger partial charge in [-0.2, -0.15) is 0 Å². The van der Waals surface area contributed by atoms with Crippen LogP contribution in [0.3, 0.4) is 0 Å². The molecule has 0 unspecified atom stereocenters. The van der Waals surface area contributed by atoms with Crippen LogP contribution >= 0.6 is 23.2 Å². The number of benzene rings is 1. The SMILES string of the molecule is CNc1nn(-c2ccc(Cl)cc2Cl)c(N)c1C(=O)OC. The predicted octanol–water partition coefficient (Wildman–Crippen LogP) is 2.59. The molecule has 0 spiro atoms. The van der Waals surface area contributed by atoms with Gasteiger partial charge in [0.2, 0.25) is 0 Å². The first-order chi connectivity index (χ1) is 9.49. The highest BCUT2D eigenvalue weighted by molar-refractivity contribution is 6.35. The maximum atomic E-state index is 11.7. The van der Waals surface area contributed by atoms with E-state index in [4.69, 9.17) is 33.7 Å². The summed E-state index contributed by atoms with van der Waals surface area (Å²) >= 11 is 12.0. The third-order valence-corrected chi connectivity index (χ3v) is 3.22. The van der Waals surface area contributed by atoms with Crippen molar-refractivity contribution in [3.63, 3.8) is 0 Å². The molecule has 0 atom stereocenters. The van der Waals surface area contributed by atoms with Gasteiger partial charge in [-0.1, -0.05) is 23.2 Å². The Hall–Kier alpha value is -1.92. The number of nitrogens with two attached hydrogens (primary N) is 1. The van der Waals surface area contributed by atoms with E-state index in [0.717, 1.165) is 0 Å². The van der Waals surface area contributed by atoms with Crippen LogP contribution in [0, 0.1) is 0 Å². The third-order valence-electron chi connectivity index (χ3n) is 2.69. The van der Waals surface area contributed by atoms with Crippen LogP contribution in [0.15, 0.2) is 18.2 Å². The second-order valence-corrected chi connectivity index (χ2v) is 4.70. The highest BCUT2D eigenvalue weighted by Gasteiger charge is 2.23. The summed E-state index contributed by atoms with van der Waals surface area (Å²) in [5, 5.41) is 7.86. The second kappa shape index (κ2) is 5.60. The average molecular weight is 315 g/mol. The molecule has 0 aliphatic carbocycles. The molecule has 3 N–H and O–H groups in total. The molecule has 0 saturated heterocycles. The molecule has 0 bridgehead atoms. The van der Waals surface area contributed by atoms with Crippen molar-refractivity contribution < 1.29 is 9.53 Å². The number of methoxy groups -OCH3 is 1. The van der Waals surface area contributed by atoms with Crippen molar-refractivity contribution in [2.45, 2.75) is 0 Å². The van der Waals surface area contributed by atoms with Gasteiger partial charge in [-0.05, 0) is 18.2 Å². The smallest absolute Gasteiger partial charge is 0.345 e. The average Bonchev–Trinajstić information content (AvgIpc) is 2.75. The zero-order valence-electron chi connectivity index (χ0n) is 10.8. The summed E-state index contributed by atoms with van der Waals surface area (Å²) in [5.74, 6) is -0.144. The highest BCUT2D eigenvalue weighted by atomic mass is 35.5. The number of nitrogens with one attached hydrogen (secondary N) is 1. The zero-order valence-corrected chi connectivity index (χ0v) is 12.3. The van der Waals surface area contributed by atoms with Crippen molar-refractivity contribution >= 4 is 40.8 Å². The minimum Gasteiger partial charge on any atom is -0.465 e. The topological polar surface area (TPSA) is 82.2 Å². The summed E-state index contributed by atoms with van der Waals surface area (Å²) in [7, 11) is 2.90. The monoisotopic (exact) mass is 314 g/mol. The first kappa shape index (κ1) is 14.5. The molecule has 6 nitrogen and oxygen atoms in total. The van der Waals surface area contributed by atoms with Gasteiger partial charge in [0.25, 0.3) is 0 Å². The summed E-state index contributed by atoms with van der Waals surface area (Å²) in [6.45, 7) is 0. The Bertz CT molecular complexity index is 670. The van der Waals surface area contributed by atoms with Crippen LogP contribution in [0.2, 0.25) is 10.0 Å². The fourth-order valence-corrected chi connectivity index (χ4v) is 2.23. The number of hydrogen-bond donors (Lipinski definition) is 2. The van der Waals surface area contributed by atoms with E-state index in [0.29, 0.717) is 21.6 Å². The van der Waals surface area contributed by atoms with Crippen molar-refractivity contribution in [3.05, 3.63) is 33.8 Å². The van der Waals surface area contributed by atoms with E-state index in [1.807, 2.05) is 0 Å². The second-order valence-electron chi connectivity index (χ2n) is 3.86. The number of esters is 1. The predicted molar refractivity (Wildman–Crippen MR) is 78.9 cm³/mol. The lowest BCUT2D eigenvalue weighted by Gasteiger charge is -2.06. The van der Waals surface area contributed by atoms with E-state index in [2.05, 4.69) is 10.4 Å². The fourth-order valence-electron chi connectivity index (χ4n) is 1.75. The number of aromatic nitrogens is 2. The van der Waals surface area contributed by atoms with Gasteiger partial charge in [0, 0.05) is 12.1 Å². The molecular formula is C12H12Cl2N4O2. The Kier molecular flexibility index (Phi) is 4.06. The van der Waals surface area contributed by atoms with E-state index >= 15 is 0 Å². The summed E-state index contributed by atoms with van der Waals surface area (Å²) in [4.78, 5) is 11.7. The molecule has 106 valence electrons. The lowest BCUT2D eigenvalue weighted by molar-refractivity contribution is 0.0603. The fraction of sp³-hybridized carbons (Fsp3) is 0.167. The molecule has 0 aliphatic rings. The molecule has 8 heteroatoms. The van der Waals surface area contributed by atoms with Gasteiger partial charge in [-0.3, -0.25) is 0 Å². The molecule has 1 heterocycles. The van der Waals surface area contributed by atoms with Crippen molar-refractivity contribution in [1.82, 2.24) is 9.78 Å². The number of anilines is 2. The lowest BCUT2D eigenvalue weighted by Crippen LogP contribution is -2.08. The third kappa shape index (κ3) is 2.39. The lowest BCUT2D eigenvalue weighted by atomic mass is 10.3. The van der Waals surface area contributed by atoms with E-state index < -0.39 is 5.97 Å². The minimum atomic E-state index is -0.580. The number of nitrogens with zero attached hydrogens (tertiary/aromatic N) is 2. The maximum absolute atomic E-state index is 11.7. The summed E-state index contributed by atoms with van der Waals surface area (Å²) in [5.41, 5.74) is 6.63. The molecule has 2 aromatic rings. The van der Waals surface area contributed by atoms with Crippen LogP contribution in [0.5, 0.6) is 0 Å². The Morgan fingerprint density at radius 1 is 1.45 bits per heavy atom. The van der Waals surface area contributed by atoms with Crippen LogP contribution in [0.4, 0.5) is 11.6 Å². The normalized spacial score (nSPS) is 10.4. The highest BCUT2D eigenvalue weighted by Crippen LogP contribution is 2.30. The van der Waals surface area contributed by atoms with Crippen LogP contribution in [-0.2, 0) is 4.74 Å². The van der Waals surface area contributed by atoms with Crippen LogP contribution in [0.1, 0.15) is 10.4 Å². The number of carbonyl (C=O) groups excluding carboxylic acids is 1. The Morgan fingerprint density at radius 3 is 2.70 bits per heavy atom. The Morgan fingerprint density at radius 2 is 2.15 bits per heavy atom. The van der Waals surface area contributed by atoms with Gasteiger partial charge in [0.1, 0.15) is 11.4 Å². The first-order valence-electron chi connectivity index (χ1n) is 5.59. The van der Waals surface area contributed by atoms with Crippen molar-refractivity contribution in [1.29, 1.82) is 0 Å². The zero-order chi connectivity index (χ0) is 14.9. The molecule has 0 amide bonds. The standard InChI is InChI=1S/C12H12Cl2N4O2/c1-16-11-9(12(19)20-2)10(15)18(17-11)8-4-3-6(13)5-7(8)14/h3-5H,15H2,1-2H3,(H,16,17). The molecule has 1 aromatic carbocycles. The number of nitrogen functional groups attached to an aromatic ring is 1. The number of halogens is 2. The quantitative estimate of drug-likeness (QED) is 0.851. The van der Waals surface area contributed by atoms with Gasteiger partial charge >= 0.3 is 5.97 Å². The molecule has 20 heavy (non-hydrogen) atoms. The van der Waals surface area contributed by atoms with Gasteiger partial charge in [0.15, 0.2) is 5.82 Å². The summed E-state index contributed by atoms with van der Waals surface area (Å²) in [6, 6.07) is 4.88. The van der Waals surface area contributed by atoms with Crippen molar-refractivity contribution in [2.24, 2.45) is 0 Å². The van der Waals surface area contributed by atoms with Crippen LogP contribution in [0.25, 0.3) is 5.69 Å². The molecule has 2 rings (SSSR count). The van der Waals surface area contributed by atoms with Gasteiger partial charge < -0.3 is 15.8 Å². The summed E-state index contributed by atoms with van der Waals surface area (Å²) < 4.78 is 6.05. The number of rotatable bonds is 3. The molecular weight excluding hydrogens is 303 g/mol. The Labute approximate surface area is 125 Å². The van der Waals surface area contributed by atoms with Gasteiger partial charge in [0.05, 0.1) is 17.8 Å². The van der Waals surface area contributed by atoms with E-state index in [9.17, 15) is 4.79 Å². The number of ether oxygens (including phenoxy) is 1. The first-order valence-corrected chi connectivity index (χ1v) is 6.35. The largest absolute Gasteiger partial charge is 0.465 e. The Balaban J connectivity index is 2.64. The number of carbonyl (C=O) groups is 1. The van der Waals surface area contributed by atoms with Crippen molar-refractivity contribution in [2.75, 3.05) is 25.2 Å². The van der Waals surface area contributed by atoms with E-state index in [1.165, 1.54) is 11.8 Å². The van der Waals surface area contributed by atoms with E-state index in [1.54, 1.807) is 25.2 Å². The van der Waals surface area contributed by atoms with Crippen LogP contribution < -0.4 is 11.1 Å². The van der Waals surface area contributed by atoms with Gasteiger partial charge in [-0.15, -0.1) is 5.10 Å². The van der Waals surface area contributed by atoms with E-state index in [-0.39, 0.29) is 11.4 Å². The van der Waals surface area contributed by atoms with Crippen molar-refractivity contribution in [3.8, 4) is 5.69 Å². The molecule has 0 aliphatic heterocycles. The summed E-state index contributed by atoms with van der Waals surface area (Å²) in [6.07, 6.45) is 0. The molecule has 0 saturated carbocycles. The minimum absolute atomic E-state index is 0.130. The van der Waals surface area contributed by atoms with Gasteiger partial charge in [-0.25, -0.2) is 9.48 Å². The molecule has 1 aromatic heterocycles. The molecule has 0 fully saturated rings.